The van der Waals surface area contributed by atoms with E-state index in [1.54, 1.807) is 12.1 Å². The van der Waals surface area contributed by atoms with Crippen LogP contribution in [0, 0.1) is 0 Å². The number of aliphatic carboxylic acids is 1. The zero-order chi connectivity index (χ0) is 12.6. The first-order chi connectivity index (χ1) is 7.15. The first kappa shape index (κ1) is 12.7. The van der Waals surface area contributed by atoms with E-state index in [1.807, 2.05) is 12.1 Å². The fourth-order valence-corrected chi connectivity index (χ4v) is 1.44. The van der Waals surface area contributed by atoms with Crippen LogP contribution >= 0.6 is 0 Å². The third-order valence-electron chi connectivity index (χ3n) is 2.79. The minimum atomic E-state index is -1.32. The lowest BCUT2D eigenvalue weighted by Crippen LogP contribution is -2.41. The molecule has 0 aliphatic rings. The van der Waals surface area contributed by atoms with Gasteiger partial charge < -0.3 is 10.8 Å². The monoisotopic (exact) mass is 221 g/mol. The van der Waals surface area contributed by atoms with Gasteiger partial charge >= 0.3 is 5.97 Å². The highest BCUT2D eigenvalue weighted by molar-refractivity contribution is 5.79. The van der Waals surface area contributed by atoms with Gasteiger partial charge in [-0.2, -0.15) is 0 Å². The highest BCUT2D eigenvalue weighted by Gasteiger charge is 2.30. The minimum Gasteiger partial charge on any atom is -0.480 e. The van der Waals surface area contributed by atoms with Crippen molar-refractivity contribution in [3.05, 3.63) is 35.4 Å². The molecule has 0 aliphatic heterocycles. The second kappa shape index (κ2) is 3.91. The number of hydrogen-bond donors (Lipinski definition) is 2. The number of benzene rings is 1. The predicted molar refractivity (Wildman–Crippen MR) is 64.3 cm³/mol. The molecule has 1 unspecified atom stereocenters. The average Bonchev–Trinajstić information content (AvgIpc) is 2.16. The Kier molecular flexibility index (Phi) is 3.10. The highest BCUT2D eigenvalue weighted by atomic mass is 16.4. The van der Waals surface area contributed by atoms with Gasteiger partial charge in [0.1, 0.15) is 5.54 Å². The van der Waals surface area contributed by atoms with Crippen molar-refractivity contribution in [2.45, 2.75) is 38.6 Å². The van der Waals surface area contributed by atoms with E-state index in [1.165, 1.54) is 6.92 Å². The molecule has 0 saturated carbocycles. The highest BCUT2D eigenvalue weighted by Crippen LogP contribution is 2.25. The standard InChI is InChI=1S/C13H19NO2/c1-12(2,3)9-5-7-10(8-6-9)13(4,14)11(15)16/h5-8H,14H2,1-4H3,(H,15,16). The van der Waals surface area contributed by atoms with Gasteiger partial charge in [0.25, 0.3) is 0 Å². The molecular formula is C13H19NO2. The maximum Gasteiger partial charge on any atom is 0.328 e. The van der Waals surface area contributed by atoms with E-state index in [-0.39, 0.29) is 5.41 Å². The Hall–Kier alpha value is -1.35. The van der Waals surface area contributed by atoms with E-state index in [4.69, 9.17) is 10.8 Å². The molecule has 0 fully saturated rings. The molecule has 0 saturated heterocycles. The summed E-state index contributed by atoms with van der Waals surface area (Å²) in [6, 6.07) is 7.44. The van der Waals surface area contributed by atoms with E-state index in [2.05, 4.69) is 20.8 Å². The predicted octanol–water partition coefficient (Wildman–Crippen LogP) is 2.24. The van der Waals surface area contributed by atoms with Gasteiger partial charge in [-0.05, 0) is 23.5 Å². The molecule has 1 rings (SSSR count). The molecule has 0 aliphatic carbocycles. The van der Waals surface area contributed by atoms with Crippen LogP contribution in [0.2, 0.25) is 0 Å². The van der Waals surface area contributed by atoms with Gasteiger partial charge in [-0.25, -0.2) is 4.79 Å². The van der Waals surface area contributed by atoms with Gasteiger partial charge in [-0.1, -0.05) is 45.0 Å². The summed E-state index contributed by atoms with van der Waals surface area (Å²) in [4.78, 5) is 11.0. The summed E-state index contributed by atoms with van der Waals surface area (Å²) in [6.07, 6.45) is 0. The second-order valence-electron chi connectivity index (χ2n) is 5.33. The Morgan fingerprint density at radius 1 is 1.06 bits per heavy atom. The van der Waals surface area contributed by atoms with Crippen molar-refractivity contribution in [3.63, 3.8) is 0 Å². The van der Waals surface area contributed by atoms with Gasteiger partial charge in [0, 0.05) is 0 Å². The minimum absolute atomic E-state index is 0.0623. The third kappa shape index (κ3) is 2.42. The lowest BCUT2D eigenvalue weighted by atomic mass is 9.84. The van der Waals surface area contributed by atoms with Gasteiger partial charge in [0.15, 0.2) is 0 Å². The molecule has 1 atom stereocenters. The van der Waals surface area contributed by atoms with Crippen LogP contribution in [-0.4, -0.2) is 11.1 Å². The summed E-state index contributed by atoms with van der Waals surface area (Å²) < 4.78 is 0. The first-order valence-electron chi connectivity index (χ1n) is 5.29. The quantitative estimate of drug-likeness (QED) is 0.805. The van der Waals surface area contributed by atoms with E-state index in [9.17, 15) is 4.79 Å². The van der Waals surface area contributed by atoms with Crippen molar-refractivity contribution in [2.75, 3.05) is 0 Å². The van der Waals surface area contributed by atoms with E-state index in [0.29, 0.717) is 5.56 Å². The third-order valence-corrected chi connectivity index (χ3v) is 2.79. The van der Waals surface area contributed by atoms with Gasteiger partial charge in [0.05, 0.1) is 0 Å². The van der Waals surface area contributed by atoms with E-state index < -0.39 is 11.5 Å². The topological polar surface area (TPSA) is 63.3 Å². The number of carboxylic acids is 1. The zero-order valence-electron chi connectivity index (χ0n) is 10.2. The van der Waals surface area contributed by atoms with Crippen LogP contribution in [0.25, 0.3) is 0 Å². The maximum atomic E-state index is 11.0. The largest absolute Gasteiger partial charge is 0.480 e. The summed E-state index contributed by atoms with van der Waals surface area (Å²) in [5.41, 5.74) is 6.26. The van der Waals surface area contributed by atoms with Crippen LogP contribution in [0.5, 0.6) is 0 Å². The molecule has 0 radical (unpaired) electrons. The second-order valence-corrected chi connectivity index (χ2v) is 5.33. The molecule has 0 bridgehead atoms. The van der Waals surface area contributed by atoms with Crippen molar-refractivity contribution in [1.29, 1.82) is 0 Å². The van der Waals surface area contributed by atoms with Crippen molar-refractivity contribution < 1.29 is 9.90 Å². The number of carbonyl (C=O) groups is 1. The summed E-state index contributed by atoms with van der Waals surface area (Å²) in [6.45, 7) is 7.84. The fraction of sp³-hybridized carbons (Fsp3) is 0.462. The van der Waals surface area contributed by atoms with Crippen molar-refractivity contribution in [2.24, 2.45) is 5.73 Å². The smallest absolute Gasteiger partial charge is 0.328 e. The van der Waals surface area contributed by atoms with Gasteiger partial charge in [-0.3, -0.25) is 0 Å². The molecule has 3 heteroatoms. The SMILES string of the molecule is CC(C)(C)c1ccc(C(C)(N)C(=O)O)cc1. The average molecular weight is 221 g/mol. The normalized spacial score (nSPS) is 15.6. The number of carboxylic acid groups (broad SMARTS) is 1. The lowest BCUT2D eigenvalue weighted by molar-refractivity contribution is -0.143. The Balaban J connectivity index is 3.09. The van der Waals surface area contributed by atoms with Crippen LogP contribution in [0.15, 0.2) is 24.3 Å². The van der Waals surface area contributed by atoms with Crippen LogP contribution in [-0.2, 0) is 15.7 Å². The van der Waals surface area contributed by atoms with Crippen LogP contribution in [0.1, 0.15) is 38.8 Å². The Morgan fingerprint density at radius 3 is 1.75 bits per heavy atom. The summed E-state index contributed by atoms with van der Waals surface area (Å²) >= 11 is 0. The number of nitrogens with two attached hydrogens (primary N) is 1. The van der Waals surface area contributed by atoms with Crippen molar-refractivity contribution >= 4 is 5.97 Å². The molecule has 0 aromatic heterocycles. The Labute approximate surface area is 96.3 Å². The van der Waals surface area contributed by atoms with E-state index in [0.717, 1.165) is 5.56 Å². The lowest BCUT2D eigenvalue weighted by Gasteiger charge is -2.23. The number of hydrogen-bond acceptors (Lipinski definition) is 2. The van der Waals surface area contributed by atoms with Crippen LogP contribution < -0.4 is 5.73 Å². The fourth-order valence-electron chi connectivity index (χ4n) is 1.44. The zero-order valence-corrected chi connectivity index (χ0v) is 10.2. The molecule has 88 valence electrons. The van der Waals surface area contributed by atoms with E-state index >= 15 is 0 Å². The van der Waals surface area contributed by atoms with Crippen molar-refractivity contribution in [3.8, 4) is 0 Å². The summed E-state index contributed by atoms with van der Waals surface area (Å²) in [5, 5.41) is 9.00. The molecule has 0 spiro atoms. The molecule has 0 amide bonds. The van der Waals surface area contributed by atoms with Crippen molar-refractivity contribution in [1.82, 2.24) is 0 Å². The van der Waals surface area contributed by atoms with Gasteiger partial charge in [0.2, 0.25) is 0 Å². The Morgan fingerprint density at radius 2 is 1.44 bits per heavy atom. The summed E-state index contributed by atoms with van der Waals surface area (Å²) in [5.74, 6) is -1.02. The van der Waals surface area contributed by atoms with Crippen LogP contribution in [0.3, 0.4) is 0 Å². The Bertz CT molecular complexity index is 385. The van der Waals surface area contributed by atoms with Gasteiger partial charge in [-0.15, -0.1) is 0 Å². The van der Waals surface area contributed by atoms with Crippen LogP contribution in [0.4, 0.5) is 0 Å². The molecule has 0 heterocycles. The molecule has 3 N–H and O–H groups in total. The molecule has 3 nitrogen and oxygen atoms in total. The molecular weight excluding hydrogens is 202 g/mol. The number of rotatable bonds is 2. The summed E-state index contributed by atoms with van der Waals surface area (Å²) in [7, 11) is 0. The molecule has 16 heavy (non-hydrogen) atoms. The molecule has 1 aromatic carbocycles. The first-order valence-corrected chi connectivity index (χ1v) is 5.29. The molecule has 1 aromatic rings. The maximum absolute atomic E-state index is 11.0.